The van der Waals surface area contributed by atoms with Gasteiger partial charge >= 0.3 is 26.2 Å². The number of rotatable bonds is 0. The number of halogens is 3. The first-order valence-corrected chi connectivity index (χ1v) is 8.81. The van der Waals surface area contributed by atoms with Crippen LogP contribution in [0.5, 0.6) is 0 Å². The van der Waals surface area contributed by atoms with Crippen LogP contribution in [0.25, 0.3) is 21.2 Å². The molecule has 5 heteroatoms. The summed E-state index contributed by atoms with van der Waals surface area (Å²) in [6, 6.07) is 26.2. The van der Waals surface area contributed by atoms with Crippen LogP contribution in [0, 0.1) is 6.07 Å². The molecule has 0 fully saturated rings. The maximum absolute atomic E-state index is 3.54. The molecular formula is C20H13BrCl2SZr. The van der Waals surface area contributed by atoms with Gasteiger partial charge in [0, 0.05) is 4.47 Å². The van der Waals surface area contributed by atoms with Gasteiger partial charge in [0.1, 0.15) is 0 Å². The van der Waals surface area contributed by atoms with Crippen molar-refractivity contribution in [1.29, 1.82) is 0 Å². The molecule has 0 bridgehead atoms. The van der Waals surface area contributed by atoms with Crippen molar-refractivity contribution in [2.45, 2.75) is 6.42 Å². The molecule has 5 rings (SSSR count). The van der Waals surface area contributed by atoms with Crippen LogP contribution in [-0.2, 0) is 32.6 Å². The summed E-state index contributed by atoms with van der Waals surface area (Å²) >= 11 is 5.45. The van der Waals surface area contributed by atoms with Gasteiger partial charge in [-0.25, -0.2) is 23.5 Å². The van der Waals surface area contributed by atoms with Crippen molar-refractivity contribution >= 4 is 37.4 Å². The second-order valence-electron chi connectivity index (χ2n) is 5.25. The van der Waals surface area contributed by atoms with Crippen molar-refractivity contribution < 1.29 is 51.0 Å². The third kappa shape index (κ3) is 4.70. The smallest absolute Gasteiger partial charge is 1.00 e. The Morgan fingerprint density at radius 2 is 1.80 bits per heavy atom. The minimum atomic E-state index is 0. The Bertz CT molecular complexity index is 915. The second-order valence-corrected chi connectivity index (χ2v) is 7.30. The molecule has 0 unspecified atom stereocenters. The topological polar surface area (TPSA) is 0 Å². The first-order chi connectivity index (χ1) is 10.8. The molecule has 1 heterocycles. The zero-order valence-corrected chi connectivity index (χ0v) is 19.5. The molecule has 0 spiro atoms. The van der Waals surface area contributed by atoms with Crippen molar-refractivity contribution in [3.8, 4) is 11.1 Å². The Hall–Kier alpha value is -0.307. The van der Waals surface area contributed by atoms with Crippen molar-refractivity contribution in [3.05, 3.63) is 87.7 Å². The summed E-state index contributed by atoms with van der Waals surface area (Å²) in [6.45, 7) is 0. The first-order valence-electron chi connectivity index (χ1n) is 7.20. The first kappa shape index (κ1) is 22.7. The van der Waals surface area contributed by atoms with Gasteiger partial charge in [-0.1, -0.05) is 37.8 Å². The van der Waals surface area contributed by atoms with Crippen LogP contribution in [0.2, 0.25) is 0 Å². The fourth-order valence-corrected chi connectivity index (χ4v) is 4.51. The fourth-order valence-electron chi connectivity index (χ4n) is 2.88. The molecule has 0 amide bonds. The maximum atomic E-state index is 3.54. The van der Waals surface area contributed by atoms with Crippen LogP contribution in [-0.4, -0.2) is 0 Å². The van der Waals surface area contributed by atoms with Gasteiger partial charge in [0.25, 0.3) is 0 Å². The minimum Gasteiger partial charge on any atom is -1.00 e. The van der Waals surface area contributed by atoms with Crippen LogP contribution >= 0.6 is 27.3 Å². The molecule has 4 aromatic rings. The van der Waals surface area contributed by atoms with Gasteiger partial charge in [-0.3, -0.25) is 0 Å². The standard InChI is InChI=1S/C15H8BrS.C5H5.2ClH.Zr/c16-10-5-6-11-9(7-10)8-14-15(11)12-3-1-2-4-13(12)17-14;1-2-4-5-3-1;;;/h1-2,4-7H,8H2;1-5H;2*1H;/q2*-1;;;+4/p-2. The number of hydrogen-bond acceptors (Lipinski definition) is 1. The van der Waals surface area contributed by atoms with Gasteiger partial charge in [0.15, 0.2) is 0 Å². The van der Waals surface area contributed by atoms with E-state index in [0.29, 0.717) is 0 Å². The summed E-state index contributed by atoms with van der Waals surface area (Å²) in [5.74, 6) is 0. The number of benzene rings is 2. The SMILES string of the molecule is Brc1ccc2c(c1)Cc1sc3ccc[c-]c3c1-2.[Cl-].[Cl-].[Zr+4].c1cc[cH-]c1. The summed E-state index contributed by atoms with van der Waals surface area (Å²) in [5, 5.41) is 1.29. The fraction of sp³-hybridized carbons (Fsp3) is 0.0500. The third-order valence-corrected chi connectivity index (χ3v) is 5.47. The summed E-state index contributed by atoms with van der Waals surface area (Å²) in [7, 11) is 0. The molecule has 0 N–H and O–H groups in total. The summed E-state index contributed by atoms with van der Waals surface area (Å²) < 4.78 is 2.52. The van der Waals surface area contributed by atoms with E-state index in [4.69, 9.17) is 0 Å². The predicted molar refractivity (Wildman–Crippen MR) is 98.6 cm³/mol. The van der Waals surface area contributed by atoms with Crippen LogP contribution < -0.4 is 24.8 Å². The van der Waals surface area contributed by atoms with E-state index in [1.807, 2.05) is 47.7 Å². The van der Waals surface area contributed by atoms with Gasteiger partial charge in [0.2, 0.25) is 0 Å². The molecule has 0 atom stereocenters. The summed E-state index contributed by atoms with van der Waals surface area (Å²) in [4.78, 5) is 1.48. The van der Waals surface area contributed by atoms with Crippen LogP contribution in [0.1, 0.15) is 10.4 Å². The van der Waals surface area contributed by atoms with E-state index in [9.17, 15) is 0 Å². The van der Waals surface area contributed by atoms with E-state index in [1.54, 1.807) is 0 Å². The molecule has 0 saturated heterocycles. The molecule has 25 heavy (non-hydrogen) atoms. The molecule has 1 aliphatic carbocycles. The van der Waals surface area contributed by atoms with Crippen molar-refractivity contribution in [2.75, 3.05) is 0 Å². The van der Waals surface area contributed by atoms with Crippen LogP contribution in [0.3, 0.4) is 0 Å². The van der Waals surface area contributed by atoms with Crippen molar-refractivity contribution in [1.82, 2.24) is 0 Å². The van der Waals surface area contributed by atoms with Crippen LogP contribution in [0.15, 0.2) is 71.2 Å². The Balaban J connectivity index is 0.000000344. The van der Waals surface area contributed by atoms with Crippen molar-refractivity contribution in [3.63, 3.8) is 0 Å². The second kappa shape index (κ2) is 10.1. The van der Waals surface area contributed by atoms with E-state index in [0.717, 1.165) is 6.42 Å². The van der Waals surface area contributed by atoms with Gasteiger partial charge in [0.05, 0.1) is 0 Å². The van der Waals surface area contributed by atoms with E-state index < -0.39 is 0 Å². The largest absolute Gasteiger partial charge is 4.00 e. The zero-order chi connectivity index (χ0) is 14.9. The molecule has 1 aromatic heterocycles. The normalized spacial score (nSPS) is 10.3. The molecule has 0 saturated carbocycles. The van der Waals surface area contributed by atoms with Gasteiger partial charge in [-0.2, -0.15) is 18.2 Å². The predicted octanol–water partition coefficient (Wildman–Crippen LogP) is 0.446. The van der Waals surface area contributed by atoms with Gasteiger partial charge < -0.3 is 24.8 Å². The summed E-state index contributed by atoms with van der Waals surface area (Å²) in [5.41, 5.74) is 4.23. The molecule has 124 valence electrons. The van der Waals surface area contributed by atoms with Crippen LogP contribution in [0.4, 0.5) is 0 Å². The Morgan fingerprint density at radius 3 is 2.48 bits per heavy atom. The Labute approximate surface area is 192 Å². The van der Waals surface area contributed by atoms with Gasteiger partial charge in [-0.15, -0.1) is 29.7 Å². The van der Waals surface area contributed by atoms with Crippen molar-refractivity contribution in [2.24, 2.45) is 0 Å². The van der Waals surface area contributed by atoms with E-state index in [2.05, 4.69) is 52.3 Å². The number of thiophene rings is 1. The number of hydrogen-bond donors (Lipinski definition) is 0. The average molecular weight is 527 g/mol. The third-order valence-electron chi connectivity index (χ3n) is 3.82. The Kier molecular flexibility index (Phi) is 9.22. The monoisotopic (exact) mass is 524 g/mol. The minimum absolute atomic E-state index is 0. The molecule has 0 radical (unpaired) electrons. The molecule has 0 aliphatic heterocycles. The quantitative estimate of drug-likeness (QED) is 0.257. The molecular weight excluding hydrogens is 514 g/mol. The number of fused-ring (bicyclic) bond motifs is 5. The van der Waals surface area contributed by atoms with E-state index >= 15 is 0 Å². The van der Waals surface area contributed by atoms with E-state index in [1.165, 1.54) is 36.1 Å². The molecule has 0 nitrogen and oxygen atoms in total. The molecule has 1 aliphatic rings. The average Bonchev–Trinajstić information content (AvgIpc) is 3.24. The molecule has 3 aromatic carbocycles. The summed E-state index contributed by atoms with van der Waals surface area (Å²) in [6.07, 6.45) is 1.07. The Morgan fingerprint density at radius 1 is 1.04 bits per heavy atom. The van der Waals surface area contributed by atoms with E-state index in [-0.39, 0.29) is 51.0 Å². The van der Waals surface area contributed by atoms with Gasteiger partial charge in [-0.05, 0) is 29.0 Å². The maximum Gasteiger partial charge on any atom is 4.00 e. The zero-order valence-electron chi connectivity index (χ0n) is 13.1.